The van der Waals surface area contributed by atoms with Crippen molar-refractivity contribution in [2.24, 2.45) is 5.92 Å². The number of nitrogens with one attached hydrogen (secondary N) is 1. The summed E-state index contributed by atoms with van der Waals surface area (Å²) >= 11 is 5.94. The van der Waals surface area contributed by atoms with Crippen LogP contribution in [0.1, 0.15) is 50.5 Å². The predicted octanol–water partition coefficient (Wildman–Crippen LogP) is 3.50. The maximum absolute atomic E-state index is 12.9. The van der Waals surface area contributed by atoms with Crippen molar-refractivity contribution < 1.29 is 13.2 Å². The lowest BCUT2D eigenvalue weighted by atomic mass is 9.88. The van der Waals surface area contributed by atoms with Crippen molar-refractivity contribution in [1.29, 1.82) is 0 Å². The molecule has 5 nitrogen and oxygen atoms in total. The number of hydrogen-bond donors (Lipinski definition) is 1. The summed E-state index contributed by atoms with van der Waals surface area (Å²) in [7, 11) is -3.52. The van der Waals surface area contributed by atoms with Gasteiger partial charge in [-0.25, -0.2) is 8.42 Å². The summed E-state index contributed by atoms with van der Waals surface area (Å²) in [6.07, 6.45) is 6.77. The molecule has 0 bridgehead atoms. The number of halogens is 1. The molecule has 2 fully saturated rings. The first-order chi connectivity index (χ1) is 12.4. The third-order valence-corrected chi connectivity index (χ3v) is 7.83. The molecule has 2 aliphatic rings. The minimum Gasteiger partial charge on any atom is -0.353 e. The average molecular weight is 399 g/mol. The second-order valence-electron chi connectivity index (χ2n) is 7.43. The Balaban J connectivity index is 1.58. The van der Waals surface area contributed by atoms with Gasteiger partial charge in [0.25, 0.3) is 0 Å². The maximum Gasteiger partial charge on any atom is 0.243 e. The van der Waals surface area contributed by atoms with E-state index < -0.39 is 10.0 Å². The lowest BCUT2D eigenvalue weighted by Gasteiger charge is -2.33. The summed E-state index contributed by atoms with van der Waals surface area (Å²) in [5.41, 5.74) is 0.658. The molecule has 1 aliphatic heterocycles. The highest BCUT2D eigenvalue weighted by molar-refractivity contribution is 7.89. The van der Waals surface area contributed by atoms with Crippen LogP contribution in [0, 0.1) is 12.8 Å². The summed E-state index contributed by atoms with van der Waals surface area (Å²) in [4.78, 5) is 12.7. The smallest absolute Gasteiger partial charge is 0.243 e. The molecule has 1 aromatic rings. The number of carbonyl (C=O) groups excluding carboxylic acids is 1. The van der Waals surface area contributed by atoms with Crippen LogP contribution < -0.4 is 5.32 Å². The van der Waals surface area contributed by atoms with Gasteiger partial charge in [-0.1, -0.05) is 30.9 Å². The van der Waals surface area contributed by atoms with E-state index in [0.29, 0.717) is 41.4 Å². The maximum atomic E-state index is 12.9. The zero-order chi connectivity index (χ0) is 18.7. The van der Waals surface area contributed by atoms with E-state index in [4.69, 9.17) is 11.6 Å². The molecule has 0 aromatic heterocycles. The fraction of sp³-hybridized carbons (Fsp3) is 0.632. The normalized spacial score (nSPS) is 20.8. The molecule has 1 aromatic carbocycles. The Hall–Kier alpha value is -1.11. The number of nitrogens with zero attached hydrogens (tertiary/aromatic N) is 1. The fourth-order valence-corrected chi connectivity index (χ4v) is 5.87. The number of carbonyl (C=O) groups is 1. The average Bonchev–Trinajstić information content (AvgIpc) is 2.62. The summed E-state index contributed by atoms with van der Waals surface area (Å²) in [6.45, 7) is 2.62. The predicted molar refractivity (Wildman–Crippen MR) is 103 cm³/mol. The Morgan fingerprint density at radius 3 is 2.38 bits per heavy atom. The van der Waals surface area contributed by atoms with E-state index in [1.54, 1.807) is 25.1 Å². The molecule has 1 N–H and O–H groups in total. The Morgan fingerprint density at radius 1 is 1.12 bits per heavy atom. The third kappa shape index (κ3) is 4.41. The highest BCUT2D eigenvalue weighted by atomic mass is 35.5. The van der Waals surface area contributed by atoms with Crippen LogP contribution in [0.3, 0.4) is 0 Å². The molecule has 26 heavy (non-hydrogen) atoms. The zero-order valence-corrected chi connectivity index (χ0v) is 16.8. The van der Waals surface area contributed by atoms with E-state index in [-0.39, 0.29) is 17.9 Å². The van der Waals surface area contributed by atoms with Gasteiger partial charge < -0.3 is 5.32 Å². The molecule has 1 saturated carbocycles. The molecule has 3 rings (SSSR count). The number of amides is 1. The molecule has 144 valence electrons. The van der Waals surface area contributed by atoms with Crippen LogP contribution in [0.2, 0.25) is 5.02 Å². The number of piperidine rings is 1. The lowest BCUT2D eigenvalue weighted by Crippen LogP contribution is -2.48. The van der Waals surface area contributed by atoms with Crippen molar-refractivity contribution in [1.82, 2.24) is 9.62 Å². The van der Waals surface area contributed by atoms with Crippen LogP contribution in [-0.2, 0) is 14.8 Å². The van der Waals surface area contributed by atoms with E-state index in [0.717, 1.165) is 25.7 Å². The van der Waals surface area contributed by atoms with Gasteiger partial charge in [0, 0.05) is 30.1 Å². The first kappa shape index (κ1) is 19.6. The van der Waals surface area contributed by atoms with Crippen molar-refractivity contribution in [2.45, 2.75) is 62.8 Å². The van der Waals surface area contributed by atoms with Crippen molar-refractivity contribution in [2.75, 3.05) is 13.1 Å². The van der Waals surface area contributed by atoms with Crippen LogP contribution in [0.15, 0.2) is 23.1 Å². The molecular formula is C19H27ClN2O3S. The first-order valence-corrected chi connectivity index (χ1v) is 11.3. The number of aryl methyl sites for hydroxylation is 1. The minimum absolute atomic E-state index is 0.0715. The van der Waals surface area contributed by atoms with Gasteiger partial charge in [0.15, 0.2) is 0 Å². The third-order valence-electron chi connectivity index (χ3n) is 5.53. The molecule has 0 radical (unpaired) electrons. The van der Waals surface area contributed by atoms with Gasteiger partial charge in [0.1, 0.15) is 0 Å². The molecule has 1 aliphatic carbocycles. The van der Waals surface area contributed by atoms with Gasteiger partial charge in [-0.2, -0.15) is 4.31 Å². The minimum atomic E-state index is -3.52. The summed E-state index contributed by atoms with van der Waals surface area (Å²) in [6, 6.07) is 4.93. The largest absolute Gasteiger partial charge is 0.353 e. The van der Waals surface area contributed by atoms with Gasteiger partial charge in [-0.15, -0.1) is 0 Å². The molecular weight excluding hydrogens is 372 g/mol. The Labute approximate surface area is 161 Å². The van der Waals surface area contributed by atoms with E-state index >= 15 is 0 Å². The highest BCUT2D eigenvalue weighted by Crippen LogP contribution is 2.27. The first-order valence-electron chi connectivity index (χ1n) is 9.44. The van der Waals surface area contributed by atoms with E-state index in [1.807, 2.05) is 0 Å². The monoisotopic (exact) mass is 398 g/mol. The van der Waals surface area contributed by atoms with Crippen LogP contribution >= 0.6 is 11.6 Å². The number of benzene rings is 1. The van der Waals surface area contributed by atoms with Crippen LogP contribution in [0.25, 0.3) is 0 Å². The Bertz CT molecular complexity index is 752. The second-order valence-corrected chi connectivity index (χ2v) is 9.77. The van der Waals surface area contributed by atoms with Crippen molar-refractivity contribution in [3.8, 4) is 0 Å². The number of rotatable bonds is 4. The summed E-state index contributed by atoms with van der Waals surface area (Å²) in [5, 5.41) is 3.67. The quantitative estimate of drug-likeness (QED) is 0.844. The molecule has 1 heterocycles. The SMILES string of the molecule is Cc1cc(Cl)ccc1S(=O)(=O)N1CCC(NC(=O)C2CCCCC2)CC1. The number of hydrogen-bond acceptors (Lipinski definition) is 3. The van der Waals surface area contributed by atoms with Gasteiger partial charge in [-0.3, -0.25) is 4.79 Å². The van der Waals surface area contributed by atoms with Gasteiger partial charge in [0.2, 0.25) is 15.9 Å². The van der Waals surface area contributed by atoms with Crippen molar-refractivity contribution >= 4 is 27.5 Å². The Kier molecular flexibility index (Phi) is 6.25. The topological polar surface area (TPSA) is 66.5 Å². The lowest BCUT2D eigenvalue weighted by molar-refractivity contribution is -0.126. The van der Waals surface area contributed by atoms with E-state index in [9.17, 15) is 13.2 Å². The van der Waals surface area contributed by atoms with Crippen LogP contribution in [-0.4, -0.2) is 37.8 Å². The molecule has 1 amide bonds. The highest BCUT2D eigenvalue weighted by Gasteiger charge is 2.32. The number of sulfonamides is 1. The zero-order valence-electron chi connectivity index (χ0n) is 15.2. The van der Waals surface area contributed by atoms with Crippen LogP contribution in [0.4, 0.5) is 0 Å². The van der Waals surface area contributed by atoms with E-state index in [2.05, 4.69) is 5.32 Å². The summed E-state index contributed by atoms with van der Waals surface area (Å²) in [5.74, 6) is 0.293. The molecule has 1 saturated heterocycles. The van der Waals surface area contributed by atoms with Gasteiger partial charge in [-0.05, 0) is 56.4 Å². The van der Waals surface area contributed by atoms with Crippen LogP contribution in [0.5, 0.6) is 0 Å². The molecule has 7 heteroatoms. The van der Waals surface area contributed by atoms with Crippen molar-refractivity contribution in [3.05, 3.63) is 28.8 Å². The standard InChI is InChI=1S/C19H27ClN2O3S/c1-14-13-16(20)7-8-18(14)26(24,25)22-11-9-17(10-12-22)21-19(23)15-5-3-2-4-6-15/h7-8,13,15,17H,2-6,9-12H2,1H3,(H,21,23). The Morgan fingerprint density at radius 2 is 1.77 bits per heavy atom. The second kappa shape index (κ2) is 8.28. The fourth-order valence-electron chi connectivity index (χ4n) is 3.97. The van der Waals surface area contributed by atoms with Gasteiger partial charge >= 0.3 is 0 Å². The summed E-state index contributed by atoms with van der Waals surface area (Å²) < 4.78 is 27.3. The van der Waals surface area contributed by atoms with Crippen molar-refractivity contribution in [3.63, 3.8) is 0 Å². The van der Waals surface area contributed by atoms with Gasteiger partial charge in [0.05, 0.1) is 4.90 Å². The van der Waals surface area contributed by atoms with E-state index in [1.165, 1.54) is 10.7 Å². The molecule has 0 spiro atoms. The molecule has 0 atom stereocenters. The molecule has 0 unspecified atom stereocenters.